The number of hydrogen-bond donors (Lipinski definition) is 2. The maximum absolute atomic E-state index is 12.4. The predicted molar refractivity (Wildman–Crippen MR) is 91.0 cm³/mol. The minimum Gasteiger partial charge on any atom is -0.383 e. The third-order valence-electron chi connectivity index (χ3n) is 4.24. The molecule has 1 aliphatic heterocycles. The molecule has 1 amide bonds. The van der Waals surface area contributed by atoms with Crippen LogP contribution in [0.3, 0.4) is 0 Å². The molecule has 0 aromatic carbocycles. The van der Waals surface area contributed by atoms with Crippen LogP contribution in [0.2, 0.25) is 0 Å². The molecule has 1 atom stereocenters. The van der Waals surface area contributed by atoms with E-state index in [1.165, 1.54) is 0 Å². The molecule has 0 saturated carbocycles. The highest BCUT2D eigenvalue weighted by Gasteiger charge is 2.36. The number of rotatable bonds is 5. The number of aromatic nitrogens is 3. The summed E-state index contributed by atoms with van der Waals surface area (Å²) in [6.45, 7) is 5.18. The predicted octanol–water partition coefficient (Wildman–Crippen LogP) is 1.95. The maximum atomic E-state index is 12.4. The van der Waals surface area contributed by atoms with E-state index >= 15 is 0 Å². The molecule has 0 radical (unpaired) electrons. The van der Waals surface area contributed by atoms with Gasteiger partial charge in [0.15, 0.2) is 0 Å². The van der Waals surface area contributed by atoms with Crippen LogP contribution in [0.5, 0.6) is 0 Å². The summed E-state index contributed by atoms with van der Waals surface area (Å²) in [6, 6.07) is 5.91. The van der Waals surface area contributed by atoms with Crippen LogP contribution in [0.15, 0.2) is 30.6 Å². The number of carbonyl (C=O) groups is 1. The van der Waals surface area contributed by atoms with Crippen LogP contribution < -0.4 is 10.6 Å². The van der Waals surface area contributed by atoms with Gasteiger partial charge in [-0.25, -0.2) is 4.68 Å². The first-order valence-electron chi connectivity index (χ1n) is 8.06. The second-order valence-electron chi connectivity index (χ2n) is 6.54. The molecule has 7 nitrogen and oxygen atoms in total. The van der Waals surface area contributed by atoms with Gasteiger partial charge in [-0.3, -0.25) is 9.78 Å². The molecule has 1 unspecified atom stereocenters. The third-order valence-corrected chi connectivity index (χ3v) is 4.24. The number of hydrogen-bond acceptors (Lipinski definition) is 5. The van der Waals surface area contributed by atoms with E-state index in [2.05, 4.69) is 34.6 Å². The number of amides is 1. The topological polar surface area (TPSA) is 81.1 Å². The molecule has 3 heterocycles. The first kappa shape index (κ1) is 16.4. The summed E-state index contributed by atoms with van der Waals surface area (Å²) < 4.78 is 6.86. The van der Waals surface area contributed by atoms with Crippen molar-refractivity contribution in [3.63, 3.8) is 0 Å². The smallest absolute Gasteiger partial charge is 0.256 e. The van der Waals surface area contributed by atoms with Crippen LogP contribution in [0.25, 0.3) is 0 Å². The zero-order chi connectivity index (χ0) is 17.2. The summed E-state index contributed by atoms with van der Waals surface area (Å²) in [5, 5.41) is 10.7. The van der Waals surface area contributed by atoms with Gasteiger partial charge in [0.2, 0.25) is 0 Å². The standard InChI is InChI=1S/C17H23N5O2/c1-17(2)10-14(13-6-4-5-7-18-13)21-15-12(11-20-22(15)17)16(23)19-8-9-24-3/h4-7,11,14,21H,8-10H2,1-3H3,(H,19,23). The number of methoxy groups -OCH3 is 1. The summed E-state index contributed by atoms with van der Waals surface area (Å²) in [7, 11) is 1.61. The summed E-state index contributed by atoms with van der Waals surface area (Å²) in [5.41, 5.74) is 1.29. The Kier molecular flexibility index (Phi) is 4.53. The molecule has 128 valence electrons. The van der Waals surface area contributed by atoms with E-state index in [0.29, 0.717) is 18.7 Å². The zero-order valence-electron chi connectivity index (χ0n) is 14.2. The molecule has 0 fully saturated rings. The number of nitrogens with zero attached hydrogens (tertiary/aromatic N) is 3. The lowest BCUT2D eigenvalue weighted by atomic mass is 9.91. The number of ether oxygens (including phenoxy) is 1. The second-order valence-corrected chi connectivity index (χ2v) is 6.54. The molecule has 1 aliphatic rings. The molecule has 24 heavy (non-hydrogen) atoms. The number of carbonyl (C=O) groups excluding carboxylic acids is 1. The highest BCUT2D eigenvalue weighted by atomic mass is 16.5. The fraction of sp³-hybridized carbons (Fsp3) is 0.471. The molecular weight excluding hydrogens is 306 g/mol. The minimum atomic E-state index is -0.214. The summed E-state index contributed by atoms with van der Waals surface area (Å²) >= 11 is 0. The van der Waals surface area contributed by atoms with Crippen molar-refractivity contribution in [2.45, 2.75) is 31.8 Å². The molecule has 0 bridgehead atoms. The van der Waals surface area contributed by atoms with Gasteiger partial charge in [-0.15, -0.1) is 0 Å². The lowest BCUT2D eigenvalue weighted by Gasteiger charge is -2.37. The van der Waals surface area contributed by atoms with Gasteiger partial charge in [0.05, 0.1) is 30.1 Å². The largest absolute Gasteiger partial charge is 0.383 e. The van der Waals surface area contributed by atoms with E-state index in [0.717, 1.165) is 17.9 Å². The number of pyridine rings is 1. The van der Waals surface area contributed by atoms with Gasteiger partial charge in [-0.1, -0.05) is 6.07 Å². The molecule has 0 saturated heterocycles. The lowest BCUT2D eigenvalue weighted by Crippen LogP contribution is -2.39. The van der Waals surface area contributed by atoms with E-state index in [-0.39, 0.29) is 17.5 Å². The van der Waals surface area contributed by atoms with Crippen molar-refractivity contribution in [1.29, 1.82) is 0 Å². The van der Waals surface area contributed by atoms with Crippen molar-refractivity contribution in [2.24, 2.45) is 0 Å². The van der Waals surface area contributed by atoms with Crippen LogP contribution in [0.4, 0.5) is 5.82 Å². The van der Waals surface area contributed by atoms with Crippen molar-refractivity contribution in [1.82, 2.24) is 20.1 Å². The zero-order valence-corrected chi connectivity index (χ0v) is 14.2. The van der Waals surface area contributed by atoms with Gasteiger partial charge in [0.25, 0.3) is 5.91 Å². The normalized spacial score (nSPS) is 18.5. The third kappa shape index (κ3) is 3.12. The van der Waals surface area contributed by atoms with E-state index < -0.39 is 0 Å². The molecule has 3 rings (SSSR count). The summed E-state index contributed by atoms with van der Waals surface area (Å²) in [4.78, 5) is 16.9. The summed E-state index contributed by atoms with van der Waals surface area (Å²) in [5.74, 6) is 0.579. The van der Waals surface area contributed by atoms with E-state index in [1.807, 2.05) is 22.9 Å². The SMILES string of the molecule is COCCNC(=O)c1cnn2c1NC(c1ccccn1)CC2(C)C. The van der Waals surface area contributed by atoms with Crippen molar-refractivity contribution in [3.8, 4) is 0 Å². The first-order valence-corrected chi connectivity index (χ1v) is 8.06. The number of anilines is 1. The molecule has 2 aromatic rings. The van der Waals surface area contributed by atoms with Crippen molar-refractivity contribution < 1.29 is 9.53 Å². The Morgan fingerprint density at radius 3 is 3.04 bits per heavy atom. The first-order chi connectivity index (χ1) is 11.5. The van der Waals surface area contributed by atoms with Gasteiger partial charge in [0.1, 0.15) is 11.4 Å². The lowest BCUT2D eigenvalue weighted by molar-refractivity contribution is 0.0937. The van der Waals surface area contributed by atoms with Gasteiger partial charge in [-0.05, 0) is 32.4 Å². The molecule has 0 spiro atoms. The van der Waals surface area contributed by atoms with Crippen LogP contribution in [-0.2, 0) is 10.3 Å². The van der Waals surface area contributed by atoms with Crippen molar-refractivity contribution >= 4 is 11.7 Å². The fourth-order valence-corrected chi connectivity index (χ4v) is 3.04. The Morgan fingerprint density at radius 1 is 1.50 bits per heavy atom. The fourth-order valence-electron chi connectivity index (χ4n) is 3.04. The average Bonchev–Trinajstić information content (AvgIpc) is 3.00. The molecular formula is C17H23N5O2. The minimum absolute atomic E-state index is 0.0379. The quantitative estimate of drug-likeness (QED) is 0.820. The monoisotopic (exact) mass is 329 g/mol. The Bertz CT molecular complexity index is 711. The van der Waals surface area contributed by atoms with Crippen molar-refractivity contribution in [3.05, 3.63) is 41.9 Å². The van der Waals surface area contributed by atoms with Gasteiger partial charge in [0, 0.05) is 19.9 Å². The average molecular weight is 329 g/mol. The van der Waals surface area contributed by atoms with Crippen molar-refractivity contribution in [2.75, 3.05) is 25.6 Å². The number of nitrogens with one attached hydrogen (secondary N) is 2. The van der Waals surface area contributed by atoms with E-state index in [9.17, 15) is 4.79 Å². The van der Waals surface area contributed by atoms with Crippen LogP contribution in [0.1, 0.15) is 42.4 Å². The Labute approximate surface area is 141 Å². The maximum Gasteiger partial charge on any atom is 0.256 e. The van der Waals surface area contributed by atoms with Crippen LogP contribution >= 0.6 is 0 Å². The summed E-state index contributed by atoms with van der Waals surface area (Å²) in [6.07, 6.45) is 4.24. The molecule has 0 aliphatic carbocycles. The van der Waals surface area contributed by atoms with E-state index in [1.54, 1.807) is 19.5 Å². The highest BCUT2D eigenvalue weighted by molar-refractivity contribution is 5.98. The van der Waals surface area contributed by atoms with Gasteiger partial charge < -0.3 is 15.4 Å². The second kappa shape index (κ2) is 6.60. The Hall–Kier alpha value is -2.41. The Morgan fingerprint density at radius 2 is 2.33 bits per heavy atom. The van der Waals surface area contributed by atoms with Gasteiger partial charge >= 0.3 is 0 Å². The Balaban J connectivity index is 1.88. The van der Waals surface area contributed by atoms with Gasteiger partial charge in [-0.2, -0.15) is 5.10 Å². The van der Waals surface area contributed by atoms with E-state index in [4.69, 9.17) is 4.74 Å². The molecule has 2 N–H and O–H groups in total. The van der Waals surface area contributed by atoms with Crippen LogP contribution in [0, 0.1) is 0 Å². The number of fused-ring (bicyclic) bond motifs is 1. The highest BCUT2D eigenvalue weighted by Crippen LogP contribution is 2.39. The molecule has 2 aromatic heterocycles. The molecule has 7 heteroatoms. The van der Waals surface area contributed by atoms with Crippen LogP contribution in [-0.4, -0.2) is 40.9 Å².